The first-order valence-electron chi connectivity index (χ1n) is 7.43. The van der Waals surface area contributed by atoms with Crippen LogP contribution in [0.15, 0.2) is 34.7 Å². The van der Waals surface area contributed by atoms with Gasteiger partial charge in [0.05, 0.1) is 12.6 Å². The van der Waals surface area contributed by atoms with Crippen LogP contribution in [-0.2, 0) is 4.79 Å². The normalized spacial score (nSPS) is 17.8. The van der Waals surface area contributed by atoms with Gasteiger partial charge in [-0.3, -0.25) is 9.69 Å². The Kier molecular flexibility index (Phi) is 4.22. The maximum Gasteiger partial charge on any atom is 0.234 e. The van der Waals surface area contributed by atoms with E-state index in [1.165, 1.54) is 0 Å². The fourth-order valence-electron chi connectivity index (χ4n) is 2.65. The molecule has 5 nitrogen and oxygen atoms in total. The third-order valence-corrected chi connectivity index (χ3v) is 3.83. The van der Waals surface area contributed by atoms with Gasteiger partial charge in [-0.2, -0.15) is 0 Å². The first-order valence-corrected chi connectivity index (χ1v) is 7.43. The van der Waals surface area contributed by atoms with Gasteiger partial charge in [0.15, 0.2) is 0 Å². The molecule has 112 valence electrons. The molecule has 0 spiro atoms. The van der Waals surface area contributed by atoms with E-state index < -0.39 is 0 Å². The number of nitrogens with zero attached hydrogens (tertiary/aromatic N) is 1. The average molecular weight is 287 g/mol. The van der Waals surface area contributed by atoms with Gasteiger partial charge in [0, 0.05) is 31.6 Å². The van der Waals surface area contributed by atoms with Crippen molar-refractivity contribution < 1.29 is 9.21 Å². The van der Waals surface area contributed by atoms with Crippen LogP contribution in [0.3, 0.4) is 0 Å². The quantitative estimate of drug-likeness (QED) is 0.895. The average Bonchev–Trinajstić information content (AvgIpc) is 2.92. The molecule has 1 aliphatic rings. The van der Waals surface area contributed by atoms with Crippen LogP contribution in [0.4, 0.5) is 0 Å². The van der Waals surface area contributed by atoms with E-state index in [2.05, 4.69) is 15.5 Å². The zero-order chi connectivity index (χ0) is 14.7. The number of furan rings is 1. The van der Waals surface area contributed by atoms with Gasteiger partial charge in [0.2, 0.25) is 5.91 Å². The smallest absolute Gasteiger partial charge is 0.234 e. The standard InChI is InChI=1S/C16H21N3O2/c1-12(15-10-13-4-2-3-5-14(13)21-15)18-16(20)11-19-8-6-17-7-9-19/h2-5,10,12,17H,6-9,11H2,1H3,(H,18,20). The molecule has 2 heterocycles. The number of carbonyl (C=O) groups excluding carboxylic acids is 1. The van der Waals surface area contributed by atoms with Crippen LogP contribution >= 0.6 is 0 Å². The number of amides is 1. The molecule has 1 aliphatic heterocycles. The first-order chi connectivity index (χ1) is 10.2. The summed E-state index contributed by atoms with van der Waals surface area (Å²) < 4.78 is 5.78. The number of hydrogen-bond acceptors (Lipinski definition) is 4. The SMILES string of the molecule is CC(NC(=O)CN1CCNCC1)c1cc2ccccc2o1. The molecule has 21 heavy (non-hydrogen) atoms. The Bertz CT molecular complexity index is 584. The van der Waals surface area contributed by atoms with Gasteiger partial charge in [-0.1, -0.05) is 18.2 Å². The largest absolute Gasteiger partial charge is 0.459 e. The molecule has 2 N–H and O–H groups in total. The summed E-state index contributed by atoms with van der Waals surface area (Å²) in [7, 11) is 0. The van der Waals surface area contributed by atoms with Gasteiger partial charge in [-0.25, -0.2) is 0 Å². The number of nitrogens with one attached hydrogen (secondary N) is 2. The van der Waals surface area contributed by atoms with Crippen LogP contribution in [0.25, 0.3) is 11.0 Å². The lowest BCUT2D eigenvalue weighted by atomic mass is 10.2. The molecule has 0 aliphatic carbocycles. The van der Waals surface area contributed by atoms with Crippen molar-refractivity contribution in [2.24, 2.45) is 0 Å². The summed E-state index contributed by atoms with van der Waals surface area (Å²) in [5, 5.41) is 7.36. The number of carbonyl (C=O) groups is 1. The first kappa shape index (κ1) is 14.1. The number of para-hydroxylation sites is 1. The van der Waals surface area contributed by atoms with E-state index in [1.807, 2.05) is 37.3 Å². The molecule has 0 radical (unpaired) electrons. The second-order valence-corrected chi connectivity index (χ2v) is 5.50. The van der Waals surface area contributed by atoms with Gasteiger partial charge in [0.25, 0.3) is 0 Å². The summed E-state index contributed by atoms with van der Waals surface area (Å²) in [6.07, 6.45) is 0. The van der Waals surface area contributed by atoms with Crippen LogP contribution < -0.4 is 10.6 Å². The minimum absolute atomic E-state index is 0.0462. The molecule has 1 unspecified atom stereocenters. The highest BCUT2D eigenvalue weighted by Gasteiger charge is 2.17. The molecule has 1 fully saturated rings. The minimum atomic E-state index is -0.118. The van der Waals surface area contributed by atoms with Crippen LogP contribution in [-0.4, -0.2) is 43.5 Å². The van der Waals surface area contributed by atoms with Crippen molar-refractivity contribution in [3.63, 3.8) is 0 Å². The van der Waals surface area contributed by atoms with Crippen molar-refractivity contribution in [1.82, 2.24) is 15.5 Å². The Hall–Kier alpha value is -1.85. The fourth-order valence-corrected chi connectivity index (χ4v) is 2.65. The highest BCUT2D eigenvalue weighted by Crippen LogP contribution is 2.23. The van der Waals surface area contributed by atoms with Gasteiger partial charge >= 0.3 is 0 Å². The van der Waals surface area contributed by atoms with E-state index in [4.69, 9.17) is 4.42 Å². The minimum Gasteiger partial charge on any atom is -0.459 e. The molecule has 1 saturated heterocycles. The van der Waals surface area contributed by atoms with Crippen molar-refractivity contribution in [3.8, 4) is 0 Å². The van der Waals surface area contributed by atoms with Crippen LogP contribution in [0, 0.1) is 0 Å². The number of hydrogen-bond donors (Lipinski definition) is 2. The molecule has 1 aromatic carbocycles. The van der Waals surface area contributed by atoms with Crippen molar-refractivity contribution in [2.45, 2.75) is 13.0 Å². The molecule has 1 atom stereocenters. The lowest BCUT2D eigenvalue weighted by Gasteiger charge is -2.26. The van der Waals surface area contributed by atoms with E-state index in [0.29, 0.717) is 6.54 Å². The summed E-state index contributed by atoms with van der Waals surface area (Å²) in [6, 6.07) is 9.75. The Morgan fingerprint density at radius 2 is 2.14 bits per heavy atom. The van der Waals surface area contributed by atoms with Crippen molar-refractivity contribution in [1.29, 1.82) is 0 Å². The molecular weight excluding hydrogens is 266 g/mol. The van der Waals surface area contributed by atoms with E-state index in [-0.39, 0.29) is 11.9 Å². The Morgan fingerprint density at radius 3 is 2.90 bits per heavy atom. The summed E-state index contributed by atoms with van der Waals surface area (Å²) in [4.78, 5) is 14.3. The van der Waals surface area contributed by atoms with Crippen molar-refractivity contribution >= 4 is 16.9 Å². The molecule has 2 aromatic rings. The second kappa shape index (κ2) is 6.28. The molecule has 1 aromatic heterocycles. The lowest BCUT2D eigenvalue weighted by molar-refractivity contribution is -0.123. The Balaban J connectivity index is 1.59. The summed E-state index contributed by atoms with van der Waals surface area (Å²) in [6.45, 7) is 6.15. The molecule has 5 heteroatoms. The maximum absolute atomic E-state index is 12.1. The lowest BCUT2D eigenvalue weighted by Crippen LogP contribution is -2.47. The second-order valence-electron chi connectivity index (χ2n) is 5.50. The third-order valence-electron chi connectivity index (χ3n) is 3.83. The third kappa shape index (κ3) is 3.43. The summed E-state index contributed by atoms with van der Waals surface area (Å²) in [5.74, 6) is 0.842. The van der Waals surface area contributed by atoms with Crippen LogP contribution in [0.1, 0.15) is 18.7 Å². The van der Waals surface area contributed by atoms with E-state index in [9.17, 15) is 4.79 Å². The topological polar surface area (TPSA) is 57.5 Å². The monoisotopic (exact) mass is 287 g/mol. The van der Waals surface area contributed by atoms with E-state index >= 15 is 0 Å². The van der Waals surface area contributed by atoms with Crippen molar-refractivity contribution in [3.05, 3.63) is 36.1 Å². The van der Waals surface area contributed by atoms with E-state index in [1.54, 1.807) is 0 Å². The van der Waals surface area contributed by atoms with Gasteiger partial charge < -0.3 is 15.1 Å². The Morgan fingerprint density at radius 1 is 1.38 bits per heavy atom. The number of fused-ring (bicyclic) bond motifs is 1. The molecule has 0 bridgehead atoms. The highest BCUT2D eigenvalue weighted by atomic mass is 16.3. The predicted octanol–water partition coefficient (Wildman–Crippen LogP) is 1.52. The molecule has 3 rings (SSSR count). The zero-order valence-corrected chi connectivity index (χ0v) is 12.3. The zero-order valence-electron chi connectivity index (χ0n) is 12.3. The van der Waals surface area contributed by atoms with E-state index in [0.717, 1.165) is 42.9 Å². The Labute approximate surface area is 124 Å². The molecule has 1 amide bonds. The van der Waals surface area contributed by atoms with Crippen LogP contribution in [0.5, 0.6) is 0 Å². The van der Waals surface area contributed by atoms with Crippen molar-refractivity contribution in [2.75, 3.05) is 32.7 Å². The molecule has 0 saturated carbocycles. The fraction of sp³-hybridized carbons (Fsp3) is 0.438. The van der Waals surface area contributed by atoms with Gasteiger partial charge in [-0.15, -0.1) is 0 Å². The van der Waals surface area contributed by atoms with Gasteiger partial charge in [0.1, 0.15) is 11.3 Å². The maximum atomic E-state index is 12.1. The number of rotatable bonds is 4. The summed E-state index contributed by atoms with van der Waals surface area (Å²) >= 11 is 0. The predicted molar refractivity (Wildman–Crippen MR) is 82.1 cm³/mol. The molecular formula is C16H21N3O2. The highest BCUT2D eigenvalue weighted by molar-refractivity contribution is 5.80. The summed E-state index contributed by atoms with van der Waals surface area (Å²) in [5.41, 5.74) is 0.857. The number of piperazine rings is 1. The van der Waals surface area contributed by atoms with Crippen LogP contribution in [0.2, 0.25) is 0 Å². The van der Waals surface area contributed by atoms with Gasteiger partial charge in [-0.05, 0) is 19.1 Å². The number of benzene rings is 1.